The first-order valence-corrected chi connectivity index (χ1v) is 4.61. The summed E-state index contributed by atoms with van der Waals surface area (Å²) < 4.78 is 13.0. The summed E-state index contributed by atoms with van der Waals surface area (Å²) in [5, 5.41) is 0. The molecule has 0 amide bonds. The second-order valence-corrected chi connectivity index (χ2v) is 4.43. The van der Waals surface area contributed by atoms with Crippen LogP contribution in [-0.4, -0.2) is 12.6 Å². The van der Waals surface area contributed by atoms with Gasteiger partial charge in [0.15, 0.2) is 0 Å². The van der Waals surface area contributed by atoms with Gasteiger partial charge in [0.25, 0.3) is 0 Å². The van der Waals surface area contributed by atoms with Crippen LogP contribution in [0.15, 0.2) is 18.2 Å². The molecule has 78 valence electrons. The molecule has 0 bridgehead atoms. The Hall–Kier alpha value is -1.25. The monoisotopic (exact) mass is 196 g/mol. The highest BCUT2D eigenvalue weighted by molar-refractivity contribution is 5.68. The summed E-state index contributed by atoms with van der Waals surface area (Å²) in [4.78, 5) is 1.96. The number of anilines is 2. The molecule has 0 atom stereocenters. The lowest BCUT2D eigenvalue weighted by Gasteiger charge is -2.34. The molecule has 0 unspecified atom stereocenters. The third-order valence-electron chi connectivity index (χ3n) is 2.36. The number of nitrogens with zero attached hydrogens (tertiary/aromatic N) is 1. The fraction of sp³-hybridized carbons (Fsp3) is 0.455. The Balaban J connectivity index is 3.12. The zero-order valence-electron chi connectivity index (χ0n) is 9.13. The summed E-state index contributed by atoms with van der Waals surface area (Å²) in [5.74, 6) is -0.259. The number of hydrogen-bond acceptors (Lipinski definition) is 2. The van der Waals surface area contributed by atoms with E-state index in [9.17, 15) is 4.39 Å². The minimum Gasteiger partial charge on any atom is -0.397 e. The van der Waals surface area contributed by atoms with Gasteiger partial charge in [-0.05, 0) is 39.0 Å². The predicted octanol–water partition coefficient (Wildman–Crippen LogP) is 2.64. The minimum absolute atomic E-state index is 0.0675. The number of nitrogen functional groups attached to an aromatic ring is 1. The molecule has 0 saturated heterocycles. The van der Waals surface area contributed by atoms with Crippen molar-refractivity contribution in [2.45, 2.75) is 26.3 Å². The molecule has 0 heterocycles. The minimum atomic E-state index is -0.259. The van der Waals surface area contributed by atoms with Gasteiger partial charge in [0.2, 0.25) is 0 Å². The summed E-state index contributed by atoms with van der Waals surface area (Å²) in [6.07, 6.45) is 0. The maximum Gasteiger partial charge on any atom is 0.125 e. The summed E-state index contributed by atoms with van der Waals surface area (Å²) in [7, 11) is 1.91. The summed E-state index contributed by atoms with van der Waals surface area (Å²) in [6.45, 7) is 6.16. The Kier molecular flexibility index (Phi) is 2.69. The van der Waals surface area contributed by atoms with Crippen LogP contribution in [0, 0.1) is 5.82 Å². The third kappa shape index (κ3) is 2.16. The molecular formula is C11H17FN2. The first-order valence-electron chi connectivity index (χ1n) is 4.61. The average molecular weight is 196 g/mol. The first-order chi connectivity index (χ1) is 6.32. The fourth-order valence-corrected chi connectivity index (χ4v) is 1.17. The highest BCUT2D eigenvalue weighted by atomic mass is 19.1. The van der Waals surface area contributed by atoms with Gasteiger partial charge in [0.1, 0.15) is 5.82 Å². The van der Waals surface area contributed by atoms with E-state index >= 15 is 0 Å². The predicted molar refractivity (Wildman–Crippen MR) is 59.0 cm³/mol. The lowest BCUT2D eigenvalue weighted by molar-refractivity contribution is 0.537. The van der Waals surface area contributed by atoms with Gasteiger partial charge in [-0.1, -0.05) is 0 Å². The van der Waals surface area contributed by atoms with Crippen molar-refractivity contribution in [3.05, 3.63) is 24.0 Å². The number of benzene rings is 1. The van der Waals surface area contributed by atoms with E-state index in [1.165, 1.54) is 12.1 Å². The summed E-state index contributed by atoms with van der Waals surface area (Å²) in [6, 6.07) is 4.42. The van der Waals surface area contributed by atoms with E-state index in [2.05, 4.69) is 20.8 Å². The molecule has 2 N–H and O–H groups in total. The largest absolute Gasteiger partial charge is 0.397 e. The van der Waals surface area contributed by atoms with E-state index in [0.717, 1.165) is 5.69 Å². The van der Waals surface area contributed by atoms with Gasteiger partial charge in [-0.3, -0.25) is 0 Å². The van der Waals surface area contributed by atoms with E-state index in [0.29, 0.717) is 5.69 Å². The van der Waals surface area contributed by atoms with Gasteiger partial charge in [-0.25, -0.2) is 4.39 Å². The second kappa shape index (κ2) is 3.48. The van der Waals surface area contributed by atoms with Gasteiger partial charge < -0.3 is 10.6 Å². The average Bonchev–Trinajstić information content (AvgIpc) is 2.06. The lowest BCUT2D eigenvalue weighted by atomic mass is 10.1. The molecule has 1 aromatic rings. The highest BCUT2D eigenvalue weighted by Crippen LogP contribution is 2.28. The molecule has 0 spiro atoms. The van der Waals surface area contributed by atoms with Crippen molar-refractivity contribution in [1.82, 2.24) is 0 Å². The van der Waals surface area contributed by atoms with Crippen LogP contribution < -0.4 is 10.6 Å². The molecule has 14 heavy (non-hydrogen) atoms. The van der Waals surface area contributed by atoms with Crippen LogP contribution in [0.4, 0.5) is 15.8 Å². The van der Waals surface area contributed by atoms with E-state index in [1.807, 2.05) is 11.9 Å². The number of rotatable bonds is 1. The topological polar surface area (TPSA) is 29.3 Å². The Labute approximate surface area is 84.5 Å². The van der Waals surface area contributed by atoms with Crippen LogP contribution in [-0.2, 0) is 0 Å². The molecule has 1 aromatic carbocycles. The van der Waals surface area contributed by atoms with Gasteiger partial charge in [-0.2, -0.15) is 0 Å². The molecule has 0 fully saturated rings. The van der Waals surface area contributed by atoms with Crippen molar-refractivity contribution >= 4 is 11.4 Å². The van der Waals surface area contributed by atoms with Crippen molar-refractivity contribution < 1.29 is 4.39 Å². The zero-order chi connectivity index (χ0) is 10.9. The van der Waals surface area contributed by atoms with Gasteiger partial charge in [0, 0.05) is 12.6 Å². The van der Waals surface area contributed by atoms with Crippen molar-refractivity contribution in [3.63, 3.8) is 0 Å². The van der Waals surface area contributed by atoms with Crippen LogP contribution in [0.3, 0.4) is 0 Å². The SMILES string of the molecule is CN(c1cc(F)ccc1N)C(C)(C)C. The standard InChI is InChI=1S/C11H17FN2/c1-11(2,3)14(4)10-7-8(12)5-6-9(10)13/h5-7H,13H2,1-4H3. The van der Waals surface area contributed by atoms with Gasteiger partial charge in [-0.15, -0.1) is 0 Å². The number of halogens is 1. The Bertz CT molecular complexity index is 329. The van der Waals surface area contributed by atoms with Gasteiger partial charge >= 0.3 is 0 Å². The van der Waals surface area contributed by atoms with E-state index in [1.54, 1.807) is 6.07 Å². The summed E-state index contributed by atoms with van der Waals surface area (Å²) >= 11 is 0. The zero-order valence-corrected chi connectivity index (χ0v) is 9.13. The maximum absolute atomic E-state index is 13.0. The molecule has 0 radical (unpaired) electrons. The molecule has 0 aliphatic rings. The van der Waals surface area contributed by atoms with Crippen LogP contribution in [0.5, 0.6) is 0 Å². The first kappa shape index (κ1) is 10.8. The van der Waals surface area contributed by atoms with E-state index in [4.69, 9.17) is 5.73 Å². The molecule has 1 rings (SSSR count). The van der Waals surface area contributed by atoms with Crippen molar-refractivity contribution in [2.24, 2.45) is 0 Å². The van der Waals surface area contributed by atoms with Crippen LogP contribution >= 0.6 is 0 Å². The van der Waals surface area contributed by atoms with E-state index < -0.39 is 0 Å². The van der Waals surface area contributed by atoms with E-state index in [-0.39, 0.29) is 11.4 Å². The molecule has 0 aromatic heterocycles. The second-order valence-electron chi connectivity index (χ2n) is 4.43. The summed E-state index contributed by atoms with van der Waals surface area (Å²) in [5.41, 5.74) is 7.05. The van der Waals surface area contributed by atoms with Crippen LogP contribution in [0.2, 0.25) is 0 Å². The van der Waals surface area contributed by atoms with Crippen LogP contribution in [0.25, 0.3) is 0 Å². The third-order valence-corrected chi connectivity index (χ3v) is 2.36. The van der Waals surface area contributed by atoms with Crippen molar-refractivity contribution in [3.8, 4) is 0 Å². The lowest BCUT2D eigenvalue weighted by Crippen LogP contribution is -2.38. The maximum atomic E-state index is 13.0. The van der Waals surface area contributed by atoms with Crippen molar-refractivity contribution in [2.75, 3.05) is 17.7 Å². The number of nitrogens with two attached hydrogens (primary N) is 1. The smallest absolute Gasteiger partial charge is 0.125 e. The molecular weight excluding hydrogens is 179 g/mol. The normalized spacial score (nSPS) is 11.5. The quantitative estimate of drug-likeness (QED) is 0.700. The molecule has 0 saturated carbocycles. The molecule has 3 heteroatoms. The molecule has 2 nitrogen and oxygen atoms in total. The molecule has 0 aliphatic heterocycles. The van der Waals surface area contributed by atoms with Crippen LogP contribution in [0.1, 0.15) is 20.8 Å². The highest BCUT2D eigenvalue weighted by Gasteiger charge is 2.19. The van der Waals surface area contributed by atoms with Gasteiger partial charge in [0.05, 0.1) is 11.4 Å². The molecule has 0 aliphatic carbocycles. The van der Waals surface area contributed by atoms with Crippen molar-refractivity contribution in [1.29, 1.82) is 0 Å². The Morgan fingerprint density at radius 2 is 1.86 bits per heavy atom. The fourth-order valence-electron chi connectivity index (χ4n) is 1.17. The number of hydrogen-bond donors (Lipinski definition) is 1. The Morgan fingerprint density at radius 1 is 1.29 bits per heavy atom. The Morgan fingerprint density at radius 3 is 2.36 bits per heavy atom.